The lowest BCUT2D eigenvalue weighted by molar-refractivity contribution is -0.153. The van der Waals surface area contributed by atoms with Crippen LogP contribution in [0.2, 0.25) is 19.6 Å². The first-order valence-electron chi connectivity index (χ1n) is 4.49. The Labute approximate surface area is 85.8 Å². The zero-order valence-corrected chi connectivity index (χ0v) is 10.4. The van der Waals surface area contributed by atoms with Gasteiger partial charge in [-0.2, -0.15) is 0 Å². The summed E-state index contributed by atoms with van der Waals surface area (Å²) in [6.45, 7) is 8.57. The maximum Gasteiger partial charge on any atom is 0.344 e. The predicted molar refractivity (Wildman–Crippen MR) is 57.3 cm³/mol. The summed E-state index contributed by atoms with van der Waals surface area (Å²) >= 11 is 0. The number of rotatable bonds is 2. The summed E-state index contributed by atoms with van der Waals surface area (Å²) in [5.74, 6) is 1.87. The Hall–Kier alpha value is -0.823. The van der Waals surface area contributed by atoms with Gasteiger partial charge in [0.2, 0.25) is 5.67 Å². The first-order valence-corrected chi connectivity index (χ1v) is 7.99. The Kier molecular flexibility index (Phi) is 4.33. The molecule has 0 rings (SSSR count). The molecule has 0 radical (unpaired) electrons. The lowest BCUT2D eigenvalue weighted by Gasteiger charge is -2.11. The average molecular weight is 216 g/mol. The minimum Gasteiger partial charge on any atom is -0.450 e. The zero-order chi connectivity index (χ0) is 11.4. The van der Waals surface area contributed by atoms with Gasteiger partial charge in [0.25, 0.3) is 0 Å². The molecular weight excluding hydrogens is 199 g/mol. The quantitative estimate of drug-likeness (QED) is 0.402. The molecule has 0 aromatic carbocycles. The van der Waals surface area contributed by atoms with E-state index in [9.17, 15) is 9.18 Å². The molecule has 2 nitrogen and oxygen atoms in total. The van der Waals surface area contributed by atoms with Crippen molar-refractivity contribution in [2.45, 2.75) is 39.2 Å². The molecule has 0 bridgehead atoms. The zero-order valence-electron chi connectivity index (χ0n) is 9.40. The van der Waals surface area contributed by atoms with Gasteiger partial charge in [0.15, 0.2) is 6.61 Å². The van der Waals surface area contributed by atoms with Gasteiger partial charge in [-0.05, 0) is 13.8 Å². The van der Waals surface area contributed by atoms with Crippen molar-refractivity contribution in [1.29, 1.82) is 0 Å². The van der Waals surface area contributed by atoms with Crippen LogP contribution in [0.25, 0.3) is 0 Å². The van der Waals surface area contributed by atoms with E-state index in [1.807, 2.05) is 0 Å². The Morgan fingerprint density at radius 3 is 2.29 bits per heavy atom. The van der Waals surface area contributed by atoms with Crippen LogP contribution in [0.4, 0.5) is 4.39 Å². The number of hydrogen-bond acceptors (Lipinski definition) is 2. The third kappa shape index (κ3) is 6.67. The molecule has 0 saturated carbocycles. The third-order valence-electron chi connectivity index (χ3n) is 1.22. The largest absolute Gasteiger partial charge is 0.450 e. The van der Waals surface area contributed by atoms with Crippen molar-refractivity contribution in [3.63, 3.8) is 0 Å². The van der Waals surface area contributed by atoms with Crippen molar-refractivity contribution < 1.29 is 13.9 Å². The summed E-state index contributed by atoms with van der Waals surface area (Å²) in [5, 5.41) is 0. The monoisotopic (exact) mass is 216 g/mol. The first kappa shape index (κ1) is 13.2. The van der Waals surface area contributed by atoms with Gasteiger partial charge in [-0.3, -0.25) is 0 Å². The molecule has 0 aromatic rings. The van der Waals surface area contributed by atoms with Gasteiger partial charge >= 0.3 is 5.97 Å². The number of carbonyl (C=O) groups is 1. The highest BCUT2D eigenvalue weighted by Crippen LogP contribution is 2.09. The van der Waals surface area contributed by atoms with E-state index >= 15 is 0 Å². The maximum atomic E-state index is 12.9. The summed E-state index contributed by atoms with van der Waals surface area (Å²) in [7, 11) is -1.42. The Morgan fingerprint density at radius 1 is 1.43 bits per heavy atom. The van der Waals surface area contributed by atoms with Crippen LogP contribution in [0, 0.1) is 11.5 Å². The standard InChI is InChI=1S/C10H17FO2Si/c1-10(2,11)9(12)13-7-6-8-14(3,4)5/h7H2,1-5H3. The first-order chi connectivity index (χ1) is 6.13. The summed E-state index contributed by atoms with van der Waals surface area (Å²) in [4.78, 5) is 10.9. The highest BCUT2D eigenvalue weighted by Gasteiger charge is 2.28. The molecule has 0 N–H and O–H groups in total. The SMILES string of the molecule is CC(C)(F)C(=O)OCC#C[Si](C)(C)C. The Bertz CT molecular complexity index is 263. The summed E-state index contributed by atoms with van der Waals surface area (Å²) in [6, 6.07) is 0. The van der Waals surface area contributed by atoms with E-state index in [-0.39, 0.29) is 6.61 Å². The van der Waals surface area contributed by atoms with Crippen molar-refractivity contribution in [3.8, 4) is 11.5 Å². The number of esters is 1. The Morgan fingerprint density at radius 2 is 1.93 bits per heavy atom. The van der Waals surface area contributed by atoms with Crippen molar-refractivity contribution >= 4 is 14.0 Å². The molecule has 0 saturated heterocycles. The minimum atomic E-state index is -1.93. The van der Waals surface area contributed by atoms with Gasteiger partial charge in [0.1, 0.15) is 8.07 Å². The smallest absolute Gasteiger partial charge is 0.344 e. The van der Waals surface area contributed by atoms with Gasteiger partial charge < -0.3 is 4.74 Å². The van der Waals surface area contributed by atoms with E-state index in [0.29, 0.717) is 0 Å². The fraction of sp³-hybridized carbons (Fsp3) is 0.700. The number of alkyl halides is 1. The van der Waals surface area contributed by atoms with Crippen LogP contribution in [0.3, 0.4) is 0 Å². The normalized spacial score (nSPS) is 11.6. The number of ether oxygens (including phenoxy) is 1. The average Bonchev–Trinajstić information content (AvgIpc) is 1.93. The molecule has 0 aliphatic heterocycles. The highest BCUT2D eigenvalue weighted by atomic mass is 28.3. The molecule has 0 fully saturated rings. The van der Waals surface area contributed by atoms with Crippen LogP contribution in [0.15, 0.2) is 0 Å². The Balaban J connectivity index is 3.97. The van der Waals surface area contributed by atoms with Crippen LogP contribution in [-0.2, 0) is 9.53 Å². The van der Waals surface area contributed by atoms with E-state index in [4.69, 9.17) is 0 Å². The minimum absolute atomic E-state index is 0.0174. The topological polar surface area (TPSA) is 26.3 Å². The summed E-state index contributed by atoms with van der Waals surface area (Å²) < 4.78 is 17.6. The second kappa shape index (κ2) is 4.60. The van der Waals surface area contributed by atoms with E-state index in [1.54, 1.807) is 0 Å². The van der Waals surface area contributed by atoms with Gasteiger partial charge in [-0.25, -0.2) is 9.18 Å². The molecule has 0 aliphatic carbocycles. The van der Waals surface area contributed by atoms with Crippen molar-refractivity contribution in [1.82, 2.24) is 0 Å². The van der Waals surface area contributed by atoms with Crippen LogP contribution in [0.1, 0.15) is 13.8 Å². The van der Waals surface area contributed by atoms with E-state index in [0.717, 1.165) is 0 Å². The third-order valence-corrected chi connectivity index (χ3v) is 2.15. The molecule has 0 spiro atoms. The molecule has 0 aromatic heterocycles. The molecule has 0 heterocycles. The lowest BCUT2D eigenvalue weighted by Crippen LogP contribution is -2.28. The van der Waals surface area contributed by atoms with Crippen LogP contribution < -0.4 is 0 Å². The predicted octanol–water partition coefficient (Wildman–Crippen LogP) is 2.16. The summed E-state index contributed by atoms with van der Waals surface area (Å²) in [6.07, 6.45) is 0. The van der Waals surface area contributed by atoms with E-state index < -0.39 is 19.7 Å². The fourth-order valence-corrected chi connectivity index (χ4v) is 1.18. The van der Waals surface area contributed by atoms with Crippen molar-refractivity contribution in [3.05, 3.63) is 0 Å². The molecule has 0 amide bonds. The van der Waals surface area contributed by atoms with Gasteiger partial charge in [0, 0.05) is 0 Å². The molecule has 0 aliphatic rings. The molecular formula is C10H17FO2Si. The molecule has 0 atom stereocenters. The number of carbonyl (C=O) groups excluding carboxylic acids is 1. The molecule has 4 heteroatoms. The van der Waals surface area contributed by atoms with Crippen LogP contribution in [0.5, 0.6) is 0 Å². The lowest BCUT2D eigenvalue weighted by atomic mass is 10.2. The molecule has 0 unspecified atom stereocenters. The van der Waals surface area contributed by atoms with Gasteiger partial charge in [-0.1, -0.05) is 25.6 Å². The summed E-state index contributed by atoms with van der Waals surface area (Å²) in [5.41, 5.74) is 1.09. The maximum absolute atomic E-state index is 12.9. The van der Waals surface area contributed by atoms with Gasteiger partial charge in [0.05, 0.1) is 0 Å². The highest BCUT2D eigenvalue weighted by molar-refractivity contribution is 6.83. The van der Waals surface area contributed by atoms with E-state index in [2.05, 4.69) is 35.8 Å². The van der Waals surface area contributed by atoms with Crippen molar-refractivity contribution in [2.24, 2.45) is 0 Å². The van der Waals surface area contributed by atoms with Crippen molar-refractivity contribution in [2.75, 3.05) is 6.61 Å². The second-order valence-electron chi connectivity index (χ2n) is 4.60. The second-order valence-corrected chi connectivity index (χ2v) is 9.35. The molecule has 14 heavy (non-hydrogen) atoms. The van der Waals surface area contributed by atoms with Crippen LogP contribution in [-0.4, -0.2) is 26.3 Å². The number of halogens is 1. The molecule has 80 valence electrons. The fourth-order valence-electron chi connectivity index (χ4n) is 0.574. The van der Waals surface area contributed by atoms with E-state index in [1.165, 1.54) is 13.8 Å². The van der Waals surface area contributed by atoms with Crippen LogP contribution >= 0.6 is 0 Å². The van der Waals surface area contributed by atoms with Gasteiger partial charge in [-0.15, -0.1) is 5.54 Å². The number of hydrogen-bond donors (Lipinski definition) is 0.